The van der Waals surface area contributed by atoms with Crippen LogP contribution < -0.4 is 16.6 Å². The number of esters is 1. The van der Waals surface area contributed by atoms with Crippen molar-refractivity contribution in [3.8, 4) is 0 Å². The maximum atomic E-state index is 11.1. The Morgan fingerprint density at radius 1 is 1.56 bits per heavy atom. The normalized spacial score (nSPS) is 9.69. The summed E-state index contributed by atoms with van der Waals surface area (Å²) in [5, 5.41) is 2.82. The number of nitrogens with one attached hydrogen (secondary N) is 2. The molecule has 0 aliphatic rings. The Morgan fingerprint density at radius 3 is 2.94 bits per heavy atom. The monoisotopic (exact) mass is 225 g/mol. The number of hydrazine groups is 1. The lowest BCUT2D eigenvalue weighted by Gasteiger charge is -2.07. The topological polar surface area (TPSA) is 102 Å². The van der Waals surface area contributed by atoms with Crippen LogP contribution in [0.2, 0.25) is 0 Å². The molecule has 16 heavy (non-hydrogen) atoms. The van der Waals surface area contributed by atoms with E-state index in [9.17, 15) is 4.79 Å². The van der Waals surface area contributed by atoms with E-state index in [2.05, 4.69) is 20.7 Å². The van der Waals surface area contributed by atoms with Crippen LogP contribution in [-0.4, -0.2) is 29.1 Å². The van der Waals surface area contributed by atoms with E-state index in [1.807, 2.05) is 0 Å². The number of hydrogen-bond donors (Lipinski definition) is 3. The minimum Gasteiger partial charge on any atom is -0.465 e. The number of anilines is 2. The Balaban J connectivity index is 2.59. The van der Waals surface area contributed by atoms with Crippen molar-refractivity contribution in [3.05, 3.63) is 11.8 Å². The highest BCUT2D eigenvalue weighted by Crippen LogP contribution is 2.08. The lowest BCUT2D eigenvalue weighted by molar-refractivity contribution is -0.140. The molecule has 1 aromatic rings. The largest absolute Gasteiger partial charge is 0.465 e. The molecule has 88 valence electrons. The van der Waals surface area contributed by atoms with Gasteiger partial charge in [-0.25, -0.2) is 10.8 Å². The number of aromatic nitrogens is 2. The van der Waals surface area contributed by atoms with Gasteiger partial charge in [-0.1, -0.05) is 0 Å². The number of carbonyl (C=O) groups is 1. The van der Waals surface area contributed by atoms with Crippen molar-refractivity contribution >= 4 is 17.7 Å². The predicted molar refractivity (Wildman–Crippen MR) is 59.7 cm³/mol. The molecule has 1 rings (SSSR count). The summed E-state index contributed by atoms with van der Waals surface area (Å²) in [6, 6.07) is 1.71. The van der Waals surface area contributed by atoms with E-state index >= 15 is 0 Å². The number of ether oxygens (including phenoxy) is 1. The van der Waals surface area contributed by atoms with Crippen molar-refractivity contribution < 1.29 is 9.53 Å². The van der Waals surface area contributed by atoms with Gasteiger partial charge in [-0.3, -0.25) is 10.2 Å². The third-order valence-corrected chi connectivity index (χ3v) is 1.70. The Hall–Kier alpha value is -1.89. The molecule has 1 heterocycles. The zero-order valence-corrected chi connectivity index (χ0v) is 9.28. The smallest absolute Gasteiger partial charge is 0.325 e. The number of hydrogen-bond acceptors (Lipinski definition) is 7. The molecule has 4 N–H and O–H groups in total. The molecule has 7 heteroatoms. The van der Waals surface area contributed by atoms with Crippen LogP contribution in [0.15, 0.2) is 6.07 Å². The fourth-order valence-electron chi connectivity index (χ4n) is 1.10. The van der Waals surface area contributed by atoms with Gasteiger partial charge in [0.1, 0.15) is 12.4 Å². The minimum absolute atomic E-state index is 0.0638. The summed E-state index contributed by atoms with van der Waals surface area (Å²) in [6.07, 6.45) is 0. The maximum absolute atomic E-state index is 11.1. The molecule has 0 aliphatic carbocycles. The summed E-state index contributed by atoms with van der Waals surface area (Å²) in [4.78, 5) is 19.1. The first-order valence-corrected chi connectivity index (χ1v) is 4.87. The van der Waals surface area contributed by atoms with Gasteiger partial charge in [0.15, 0.2) is 0 Å². The second kappa shape index (κ2) is 5.86. The highest BCUT2D eigenvalue weighted by molar-refractivity contribution is 5.74. The van der Waals surface area contributed by atoms with E-state index in [0.29, 0.717) is 18.4 Å². The van der Waals surface area contributed by atoms with Gasteiger partial charge in [0, 0.05) is 11.8 Å². The van der Waals surface area contributed by atoms with Crippen molar-refractivity contribution in [1.29, 1.82) is 0 Å². The van der Waals surface area contributed by atoms with E-state index in [1.54, 1.807) is 19.9 Å². The lowest BCUT2D eigenvalue weighted by atomic mass is 10.4. The molecule has 7 nitrogen and oxygen atoms in total. The Morgan fingerprint density at radius 2 is 2.31 bits per heavy atom. The van der Waals surface area contributed by atoms with Crippen molar-refractivity contribution in [2.45, 2.75) is 13.8 Å². The fraction of sp³-hybridized carbons (Fsp3) is 0.444. The molecular weight excluding hydrogens is 210 g/mol. The van der Waals surface area contributed by atoms with Crippen LogP contribution in [0.25, 0.3) is 0 Å². The van der Waals surface area contributed by atoms with E-state index < -0.39 is 0 Å². The second-order valence-electron chi connectivity index (χ2n) is 3.02. The molecule has 0 aliphatic heterocycles. The van der Waals surface area contributed by atoms with E-state index in [-0.39, 0.29) is 12.5 Å². The SMILES string of the molecule is CCOC(=O)CNc1cc(C)nc(NN)n1. The molecule has 0 radical (unpaired) electrons. The predicted octanol–water partition coefficient (Wildman–Crippen LogP) is 0.0456. The summed E-state index contributed by atoms with van der Waals surface area (Å²) >= 11 is 0. The molecule has 0 saturated heterocycles. The molecule has 0 saturated carbocycles. The van der Waals surface area contributed by atoms with Gasteiger partial charge in [-0.05, 0) is 13.8 Å². The van der Waals surface area contributed by atoms with Crippen LogP contribution in [0.3, 0.4) is 0 Å². The molecule has 1 aromatic heterocycles. The summed E-state index contributed by atoms with van der Waals surface area (Å²) < 4.78 is 4.77. The zero-order valence-electron chi connectivity index (χ0n) is 9.28. The van der Waals surface area contributed by atoms with Crippen molar-refractivity contribution in [2.24, 2.45) is 5.84 Å². The molecule has 0 fully saturated rings. The molecule has 0 unspecified atom stereocenters. The number of aryl methyl sites for hydroxylation is 1. The van der Waals surface area contributed by atoms with Gasteiger partial charge in [0.05, 0.1) is 6.61 Å². The Labute approximate surface area is 93.4 Å². The van der Waals surface area contributed by atoms with Gasteiger partial charge >= 0.3 is 5.97 Å². The quantitative estimate of drug-likeness (QED) is 0.369. The van der Waals surface area contributed by atoms with Gasteiger partial charge in [-0.15, -0.1) is 0 Å². The number of nitrogen functional groups attached to an aromatic ring is 1. The van der Waals surface area contributed by atoms with Gasteiger partial charge in [0.25, 0.3) is 0 Å². The molecule has 0 amide bonds. The molecule has 0 atom stereocenters. The summed E-state index contributed by atoms with van der Waals surface area (Å²) in [7, 11) is 0. The lowest BCUT2D eigenvalue weighted by Crippen LogP contribution is -2.18. The first-order chi connectivity index (χ1) is 7.65. The Kier molecular flexibility index (Phi) is 4.46. The van der Waals surface area contributed by atoms with Crippen LogP contribution in [-0.2, 0) is 9.53 Å². The van der Waals surface area contributed by atoms with E-state index in [0.717, 1.165) is 5.69 Å². The van der Waals surface area contributed by atoms with Crippen LogP contribution in [0.1, 0.15) is 12.6 Å². The maximum Gasteiger partial charge on any atom is 0.325 e. The summed E-state index contributed by atoms with van der Waals surface area (Å²) in [5.74, 6) is 5.68. The summed E-state index contributed by atoms with van der Waals surface area (Å²) in [5.41, 5.74) is 3.09. The molecule has 0 bridgehead atoms. The number of nitrogens with two attached hydrogens (primary N) is 1. The van der Waals surface area contributed by atoms with Gasteiger partial charge in [0.2, 0.25) is 5.95 Å². The van der Waals surface area contributed by atoms with Crippen LogP contribution in [0.5, 0.6) is 0 Å². The average Bonchev–Trinajstić information content (AvgIpc) is 2.26. The standard InChI is InChI=1S/C9H15N5O2/c1-3-16-8(15)5-11-7-4-6(2)12-9(13-7)14-10/h4H,3,5,10H2,1-2H3,(H2,11,12,13,14). The highest BCUT2D eigenvalue weighted by atomic mass is 16.5. The van der Waals surface area contributed by atoms with Crippen LogP contribution >= 0.6 is 0 Å². The highest BCUT2D eigenvalue weighted by Gasteiger charge is 2.04. The second-order valence-corrected chi connectivity index (χ2v) is 3.02. The Bertz CT molecular complexity index is 369. The van der Waals surface area contributed by atoms with Crippen LogP contribution in [0.4, 0.5) is 11.8 Å². The van der Waals surface area contributed by atoms with Gasteiger partial charge < -0.3 is 10.1 Å². The van der Waals surface area contributed by atoms with Crippen molar-refractivity contribution in [2.75, 3.05) is 23.9 Å². The van der Waals surface area contributed by atoms with E-state index in [1.165, 1.54) is 0 Å². The molecular formula is C9H15N5O2. The molecule has 0 aromatic carbocycles. The zero-order chi connectivity index (χ0) is 12.0. The fourth-order valence-corrected chi connectivity index (χ4v) is 1.10. The van der Waals surface area contributed by atoms with Crippen LogP contribution in [0, 0.1) is 6.92 Å². The number of nitrogens with zero attached hydrogens (tertiary/aromatic N) is 2. The first kappa shape index (κ1) is 12.2. The third-order valence-electron chi connectivity index (χ3n) is 1.70. The third kappa shape index (κ3) is 3.70. The number of carbonyl (C=O) groups excluding carboxylic acids is 1. The van der Waals surface area contributed by atoms with E-state index in [4.69, 9.17) is 10.6 Å². The number of rotatable bonds is 5. The van der Waals surface area contributed by atoms with Gasteiger partial charge in [-0.2, -0.15) is 4.98 Å². The van der Waals surface area contributed by atoms with Crippen molar-refractivity contribution in [3.63, 3.8) is 0 Å². The van der Waals surface area contributed by atoms with Crippen molar-refractivity contribution in [1.82, 2.24) is 9.97 Å². The molecule has 0 spiro atoms. The average molecular weight is 225 g/mol. The summed E-state index contributed by atoms with van der Waals surface area (Å²) in [6.45, 7) is 3.98. The minimum atomic E-state index is -0.332. The first-order valence-electron chi connectivity index (χ1n) is 4.87.